The van der Waals surface area contributed by atoms with E-state index in [9.17, 15) is 15.2 Å². The van der Waals surface area contributed by atoms with Crippen LogP contribution in [0.3, 0.4) is 0 Å². The zero-order valence-corrected chi connectivity index (χ0v) is 15.3. The lowest BCUT2D eigenvalue weighted by molar-refractivity contribution is -0.385. The summed E-state index contributed by atoms with van der Waals surface area (Å²) in [6.45, 7) is 0.322. The predicted octanol–water partition coefficient (Wildman–Crippen LogP) is 3.74. The van der Waals surface area contributed by atoms with Gasteiger partial charge in [0.2, 0.25) is 0 Å². The van der Waals surface area contributed by atoms with Crippen LogP contribution < -0.4 is 9.47 Å². The first-order valence-electron chi connectivity index (χ1n) is 7.34. The molecule has 0 atom stereocenters. The second kappa shape index (κ2) is 8.48. The van der Waals surface area contributed by atoms with E-state index >= 15 is 0 Å². The number of aromatic hydroxyl groups is 1. The number of ether oxygens (including phenoxy) is 2. The van der Waals surface area contributed by atoms with Gasteiger partial charge in [0, 0.05) is 28.4 Å². The van der Waals surface area contributed by atoms with E-state index in [1.165, 1.54) is 26.5 Å². The number of hydrogen-bond acceptors (Lipinski definition) is 6. The van der Waals surface area contributed by atoms with Gasteiger partial charge in [0.1, 0.15) is 5.75 Å². The summed E-state index contributed by atoms with van der Waals surface area (Å²) in [6, 6.07) is 7.95. The Morgan fingerprint density at radius 3 is 2.56 bits per heavy atom. The van der Waals surface area contributed by atoms with Crippen molar-refractivity contribution in [3.05, 3.63) is 56.0 Å². The van der Waals surface area contributed by atoms with E-state index in [1.807, 2.05) is 0 Å². The van der Waals surface area contributed by atoms with E-state index in [0.29, 0.717) is 35.6 Å². The van der Waals surface area contributed by atoms with Crippen LogP contribution in [0.15, 0.2) is 39.8 Å². The van der Waals surface area contributed by atoms with Crippen molar-refractivity contribution in [3.8, 4) is 17.2 Å². The molecule has 2 rings (SSSR count). The lowest BCUT2D eigenvalue weighted by atomic mass is 10.1. The van der Waals surface area contributed by atoms with Crippen LogP contribution in [0.5, 0.6) is 17.2 Å². The molecule has 132 valence electrons. The van der Waals surface area contributed by atoms with Crippen molar-refractivity contribution < 1.29 is 19.5 Å². The third-order valence-corrected chi connectivity index (χ3v) is 4.00. The highest BCUT2D eigenvalue weighted by Crippen LogP contribution is 2.34. The number of benzene rings is 2. The quantitative estimate of drug-likeness (QED) is 0.427. The molecule has 0 amide bonds. The molecule has 0 saturated carbocycles. The van der Waals surface area contributed by atoms with Crippen molar-refractivity contribution in [1.29, 1.82) is 0 Å². The molecule has 0 aliphatic heterocycles. The number of methoxy groups -OCH3 is 2. The highest BCUT2D eigenvalue weighted by Gasteiger charge is 2.18. The SMILES string of the molecule is COc1cc(CCN=Cc2cc(Br)ccc2O)c([N+](=O)[O-])cc1OC. The summed E-state index contributed by atoms with van der Waals surface area (Å²) in [7, 11) is 2.90. The Kier molecular flexibility index (Phi) is 6.35. The molecule has 2 aromatic carbocycles. The first kappa shape index (κ1) is 18.7. The Hall–Kier alpha value is -2.61. The lowest BCUT2D eigenvalue weighted by Crippen LogP contribution is -2.01. The van der Waals surface area contributed by atoms with Crippen molar-refractivity contribution in [1.82, 2.24) is 0 Å². The van der Waals surface area contributed by atoms with Gasteiger partial charge >= 0.3 is 0 Å². The number of phenols is 1. The Balaban J connectivity index is 2.18. The van der Waals surface area contributed by atoms with Crippen LogP contribution in [0.4, 0.5) is 5.69 Å². The van der Waals surface area contributed by atoms with Crippen LogP contribution in [0, 0.1) is 10.1 Å². The predicted molar refractivity (Wildman–Crippen MR) is 98.2 cm³/mol. The van der Waals surface area contributed by atoms with Gasteiger partial charge in [0.15, 0.2) is 11.5 Å². The third-order valence-electron chi connectivity index (χ3n) is 3.51. The van der Waals surface area contributed by atoms with E-state index in [-0.39, 0.29) is 11.4 Å². The minimum atomic E-state index is -0.457. The van der Waals surface area contributed by atoms with E-state index in [2.05, 4.69) is 20.9 Å². The molecule has 0 bridgehead atoms. The van der Waals surface area contributed by atoms with Crippen LogP contribution >= 0.6 is 15.9 Å². The molecular weight excluding hydrogens is 392 g/mol. The molecule has 8 heteroatoms. The monoisotopic (exact) mass is 408 g/mol. The van der Waals surface area contributed by atoms with Crippen LogP contribution in [-0.4, -0.2) is 37.0 Å². The van der Waals surface area contributed by atoms with Gasteiger partial charge < -0.3 is 14.6 Å². The van der Waals surface area contributed by atoms with Crippen LogP contribution in [0.2, 0.25) is 0 Å². The zero-order chi connectivity index (χ0) is 18.4. The lowest BCUT2D eigenvalue weighted by Gasteiger charge is -2.10. The molecule has 7 nitrogen and oxygen atoms in total. The average Bonchev–Trinajstić information content (AvgIpc) is 2.60. The number of nitro groups is 1. The molecular formula is C17H17BrN2O5. The molecule has 25 heavy (non-hydrogen) atoms. The minimum Gasteiger partial charge on any atom is -0.507 e. The summed E-state index contributed by atoms with van der Waals surface area (Å²) in [5.74, 6) is 0.848. The number of aliphatic imine (C=N–C) groups is 1. The molecule has 0 heterocycles. The summed E-state index contributed by atoms with van der Waals surface area (Å²) in [5, 5.41) is 21.0. The van der Waals surface area contributed by atoms with E-state index in [0.717, 1.165) is 4.47 Å². The van der Waals surface area contributed by atoms with Crippen molar-refractivity contribution in [2.24, 2.45) is 4.99 Å². The number of phenolic OH excluding ortho intramolecular Hbond substituents is 1. The summed E-state index contributed by atoms with van der Waals surface area (Å²) >= 11 is 3.32. The first-order chi connectivity index (χ1) is 12.0. The molecule has 0 fully saturated rings. The number of nitrogens with zero attached hydrogens (tertiary/aromatic N) is 2. The van der Waals surface area contributed by atoms with Gasteiger partial charge in [-0.2, -0.15) is 0 Å². The molecule has 0 aliphatic rings. The highest BCUT2D eigenvalue weighted by atomic mass is 79.9. The smallest absolute Gasteiger partial charge is 0.276 e. The van der Waals surface area contributed by atoms with Crippen LogP contribution in [0.1, 0.15) is 11.1 Å². The minimum absolute atomic E-state index is 0.0434. The summed E-state index contributed by atoms with van der Waals surface area (Å²) in [5.41, 5.74) is 1.02. The molecule has 0 radical (unpaired) electrons. The van der Waals surface area contributed by atoms with Crippen molar-refractivity contribution in [2.45, 2.75) is 6.42 Å². The standard InChI is InChI=1S/C17H17BrN2O5/c1-24-16-8-11(14(20(22)23)9-17(16)25-2)5-6-19-10-12-7-13(18)3-4-15(12)21/h3-4,7-10,21H,5-6H2,1-2H3. The second-order valence-electron chi connectivity index (χ2n) is 5.08. The fourth-order valence-corrected chi connectivity index (χ4v) is 2.64. The largest absolute Gasteiger partial charge is 0.507 e. The van der Waals surface area contributed by atoms with Crippen LogP contribution in [-0.2, 0) is 6.42 Å². The third kappa shape index (κ3) is 4.69. The van der Waals surface area contributed by atoms with E-state index in [4.69, 9.17) is 9.47 Å². The number of nitro benzene ring substituents is 1. The Labute approximate surface area is 153 Å². The van der Waals surface area contributed by atoms with Crippen molar-refractivity contribution in [2.75, 3.05) is 20.8 Å². The molecule has 0 unspecified atom stereocenters. The summed E-state index contributed by atoms with van der Waals surface area (Å²) in [6.07, 6.45) is 1.88. The van der Waals surface area contributed by atoms with Crippen LogP contribution in [0.25, 0.3) is 0 Å². The molecule has 1 N–H and O–H groups in total. The Morgan fingerprint density at radius 2 is 1.92 bits per heavy atom. The van der Waals surface area contributed by atoms with Crippen molar-refractivity contribution >= 4 is 27.8 Å². The van der Waals surface area contributed by atoms with Crippen molar-refractivity contribution in [3.63, 3.8) is 0 Å². The maximum absolute atomic E-state index is 11.3. The van der Waals surface area contributed by atoms with Gasteiger partial charge in [0.25, 0.3) is 5.69 Å². The number of halogens is 1. The normalized spacial score (nSPS) is 10.8. The number of rotatable bonds is 7. The van der Waals surface area contributed by atoms with Gasteiger partial charge in [-0.05, 0) is 30.7 Å². The zero-order valence-electron chi connectivity index (χ0n) is 13.7. The molecule has 0 aromatic heterocycles. The van der Waals surface area contributed by atoms with Gasteiger partial charge in [0.05, 0.1) is 25.2 Å². The van der Waals surface area contributed by atoms with Gasteiger partial charge in [-0.3, -0.25) is 15.1 Å². The van der Waals surface area contributed by atoms with Gasteiger partial charge in [-0.15, -0.1) is 0 Å². The molecule has 0 saturated heterocycles. The molecule has 0 spiro atoms. The topological polar surface area (TPSA) is 94.2 Å². The molecule has 0 aliphatic carbocycles. The highest BCUT2D eigenvalue weighted by molar-refractivity contribution is 9.10. The van der Waals surface area contributed by atoms with E-state index in [1.54, 1.807) is 24.3 Å². The van der Waals surface area contributed by atoms with Gasteiger partial charge in [-0.25, -0.2) is 0 Å². The van der Waals surface area contributed by atoms with E-state index < -0.39 is 4.92 Å². The Bertz CT molecular complexity index is 808. The van der Waals surface area contributed by atoms with Gasteiger partial charge in [-0.1, -0.05) is 15.9 Å². The molecule has 2 aromatic rings. The second-order valence-corrected chi connectivity index (χ2v) is 6.00. The summed E-state index contributed by atoms with van der Waals surface area (Å²) < 4.78 is 11.1. The number of hydrogen-bond donors (Lipinski definition) is 1. The average molecular weight is 409 g/mol. The maximum atomic E-state index is 11.3. The summed E-state index contributed by atoms with van der Waals surface area (Å²) in [4.78, 5) is 15.0. The maximum Gasteiger partial charge on any atom is 0.276 e. The fraction of sp³-hybridized carbons (Fsp3) is 0.235. The fourth-order valence-electron chi connectivity index (χ4n) is 2.26. The first-order valence-corrected chi connectivity index (χ1v) is 8.13. The Morgan fingerprint density at radius 1 is 1.24 bits per heavy atom.